The highest BCUT2D eigenvalue weighted by molar-refractivity contribution is 8.00. The zero-order chi connectivity index (χ0) is 18.9. The zero-order valence-corrected chi connectivity index (χ0v) is 15.9. The van der Waals surface area contributed by atoms with Gasteiger partial charge in [0.05, 0.1) is 5.75 Å². The second kappa shape index (κ2) is 10.2. The first-order valence-electron chi connectivity index (χ1n) is 8.69. The molecule has 1 aliphatic rings. The van der Waals surface area contributed by atoms with Crippen molar-refractivity contribution in [2.45, 2.75) is 50.8 Å². The van der Waals surface area contributed by atoms with Crippen LogP contribution in [0.2, 0.25) is 0 Å². The van der Waals surface area contributed by atoms with Gasteiger partial charge in [-0.2, -0.15) is 0 Å². The highest BCUT2D eigenvalue weighted by Crippen LogP contribution is 2.14. The number of rotatable bonds is 8. The standard InChI is InChI=1S/C18H26N4O3S/c1-12(2)20-17(25)11-26-18-21-14(9-16(24)22-18)8-15(23)19-10-13-6-4-3-5-7-13/h3-7,12,14,18,21H,8-11H2,1-2H3,(H,19,23)(H,20,25)(H,22,24). The van der Waals surface area contributed by atoms with Gasteiger partial charge in [-0.25, -0.2) is 0 Å². The van der Waals surface area contributed by atoms with Gasteiger partial charge < -0.3 is 16.0 Å². The summed E-state index contributed by atoms with van der Waals surface area (Å²) in [7, 11) is 0. The van der Waals surface area contributed by atoms with Crippen LogP contribution in [0.25, 0.3) is 0 Å². The molecule has 1 saturated heterocycles. The summed E-state index contributed by atoms with van der Waals surface area (Å²) < 4.78 is 0. The van der Waals surface area contributed by atoms with Gasteiger partial charge >= 0.3 is 0 Å². The largest absolute Gasteiger partial charge is 0.353 e. The highest BCUT2D eigenvalue weighted by atomic mass is 32.2. The Kier molecular flexibility index (Phi) is 7.93. The summed E-state index contributed by atoms with van der Waals surface area (Å²) in [6.45, 7) is 4.26. The molecule has 1 aromatic carbocycles. The molecule has 0 bridgehead atoms. The monoisotopic (exact) mass is 378 g/mol. The molecule has 1 heterocycles. The number of carbonyl (C=O) groups excluding carboxylic acids is 3. The van der Waals surface area contributed by atoms with Gasteiger partial charge in [-0.15, -0.1) is 11.8 Å². The molecule has 26 heavy (non-hydrogen) atoms. The van der Waals surface area contributed by atoms with Crippen molar-refractivity contribution in [3.05, 3.63) is 35.9 Å². The third kappa shape index (κ3) is 7.45. The quantitative estimate of drug-likeness (QED) is 0.534. The molecular weight excluding hydrogens is 352 g/mol. The Labute approximate surface area is 158 Å². The molecule has 0 aliphatic carbocycles. The molecule has 1 aliphatic heterocycles. The Bertz CT molecular complexity index is 624. The molecule has 1 aromatic rings. The molecule has 4 N–H and O–H groups in total. The first kappa shape index (κ1) is 20.3. The molecule has 0 spiro atoms. The predicted octanol–water partition coefficient (Wildman–Crippen LogP) is 0.712. The first-order valence-corrected chi connectivity index (χ1v) is 9.74. The van der Waals surface area contributed by atoms with Crippen LogP contribution < -0.4 is 21.3 Å². The zero-order valence-electron chi connectivity index (χ0n) is 15.1. The average molecular weight is 378 g/mol. The second-order valence-corrected chi connectivity index (χ2v) is 7.61. The van der Waals surface area contributed by atoms with Gasteiger partial charge in [0.2, 0.25) is 17.7 Å². The third-order valence-corrected chi connectivity index (χ3v) is 4.72. The van der Waals surface area contributed by atoms with Crippen LogP contribution in [0.3, 0.4) is 0 Å². The minimum atomic E-state index is -0.374. The Morgan fingerprint density at radius 1 is 1.23 bits per heavy atom. The normalized spacial score (nSPS) is 19.7. The maximum Gasteiger partial charge on any atom is 0.230 e. The van der Waals surface area contributed by atoms with Gasteiger partial charge in [0.15, 0.2) is 0 Å². The topological polar surface area (TPSA) is 99.3 Å². The Morgan fingerprint density at radius 2 is 1.96 bits per heavy atom. The van der Waals surface area contributed by atoms with Crippen molar-refractivity contribution >= 4 is 29.5 Å². The second-order valence-electron chi connectivity index (χ2n) is 6.51. The predicted molar refractivity (Wildman–Crippen MR) is 102 cm³/mol. The van der Waals surface area contributed by atoms with Gasteiger partial charge in [-0.1, -0.05) is 30.3 Å². The summed E-state index contributed by atoms with van der Waals surface area (Å²) in [5, 5.41) is 11.7. The minimum Gasteiger partial charge on any atom is -0.353 e. The van der Waals surface area contributed by atoms with Crippen molar-refractivity contribution in [1.29, 1.82) is 0 Å². The van der Waals surface area contributed by atoms with Gasteiger partial charge in [0.1, 0.15) is 5.50 Å². The average Bonchev–Trinajstić information content (AvgIpc) is 2.58. The van der Waals surface area contributed by atoms with Crippen LogP contribution in [-0.4, -0.2) is 41.1 Å². The summed E-state index contributed by atoms with van der Waals surface area (Å²) in [6.07, 6.45) is 0.462. The van der Waals surface area contributed by atoms with Crippen LogP contribution in [0.1, 0.15) is 32.3 Å². The number of amides is 3. The van der Waals surface area contributed by atoms with Crippen molar-refractivity contribution in [3.8, 4) is 0 Å². The van der Waals surface area contributed by atoms with Gasteiger partial charge in [0.25, 0.3) is 0 Å². The van der Waals surface area contributed by atoms with Crippen molar-refractivity contribution in [2.75, 3.05) is 5.75 Å². The Morgan fingerprint density at radius 3 is 2.65 bits per heavy atom. The van der Waals surface area contributed by atoms with E-state index in [0.717, 1.165) is 5.56 Å². The molecule has 0 radical (unpaired) electrons. The fourth-order valence-corrected chi connectivity index (χ4v) is 3.48. The fourth-order valence-electron chi connectivity index (χ4n) is 2.58. The Hall–Kier alpha value is -2.06. The lowest BCUT2D eigenvalue weighted by Crippen LogP contribution is -2.56. The number of thioether (sulfide) groups is 1. The molecule has 2 unspecified atom stereocenters. The molecule has 2 atom stereocenters. The van der Waals surface area contributed by atoms with E-state index in [4.69, 9.17) is 0 Å². The number of nitrogens with one attached hydrogen (secondary N) is 4. The van der Waals surface area contributed by atoms with Crippen LogP contribution >= 0.6 is 11.8 Å². The van der Waals surface area contributed by atoms with E-state index in [-0.39, 0.29) is 53.9 Å². The van der Waals surface area contributed by atoms with E-state index in [2.05, 4.69) is 21.3 Å². The van der Waals surface area contributed by atoms with Crippen molar-refractivity contribution in [1.82, 2.24) is 21.3 Å². The summed E-state index contributed by atoms with van der Waals surface area (Å²) in [5.41, 5.74) is 0.654. The van der Waals surface area contributed by atoms with Crippen molar-refractivity contribution in [3.63, 3.8) is 0 Å². The van der Waals surface area contributed by atoms with Crippen LogP contribution in [0.15, 0.2) is 30.3 Å². The maximum absolute atomic E-state index is 12.1. The lowest BCUT2D eigenvalue weighted by molar-refractivity contribution is -0.125. The van der Waals surface area contributed by atoms with Crippen LogP contribution in [0.4, 0.5) is 0 Å². The number of benzene rings is 1. The molecule has 7 nitrogen and oxygen atoms in total. The van der Waals surface area contributed by atoms with E-state index in [1.165, 1.54) is 11.8 Å². The maximum atomic E-state index is 12.1. The van der Waals surface area contributed by atoms with E-state index in [0.29, 0.717) is 6.54 Å². The van der Waals surface area contributed by atoms with E-state index < -0.39 is 0 Å². The molecule has 1 fully saturated rings. The summed E-state index contributed by atoms with van der Waals surface area (Å²) in [5.74, 6) is -0.0687. The number of carbonyl (C=O) groups is 3. The SMILES string of the molecule is CC(C)NC(=O)CSC1NC(=O)CC(CC(=O)NCc2ccccc2)N1. The molecule has 0 aromatic heterocycles. The van der Waals surface area contributed by atoms with Gasteiger partial charge in [0, 0.05) is 31.5 Å². The number of hydrogen-bond acceptors (Lipinski definition) is 5. The highest BCUT2D eigenvalue weighted by Gasteiger charge is 2.28. The molecular formula is C18H26N4O3S. The smallest absolute Gasteiger partial charge is 0.230 e. The van der Waals surface area contributed by atoms with Crippen molar-refractivity contribution < 1.29 is 14.4 Å². The molecule has 142 valence electrons. The van der Waals surface area contributed by atoms with E-state index in [9.17, 15) is 14.4 Å². The molecule has 2 rings (SSSR count). The fraction of sp³-hybridized carbons (Fsp3) is 0.500. The van der Waals surface area contributed by atoms with E-state index >= 15 is 0 Å². The van der Waals surface area contributed by atoms with Crippen molar-refractivity contribution in [2.24, 2.45) is 0 Å². The lowest BCUT2D eigenvalue weighted by atomic mass is 10.1. The summed E-state index contributed by atoms with van der Waals surface area (Å²) in [4.78, 5) is 35.7. The van der Waals surface area contributed by atoms with Gasteiger partial charge in [-0.05, 0) is 19.4 Å². The van der Waals surface area contributed by atoms with E-state index in [1.807, 2.05) is 44.2 Å². The van der Waals surface area contributed by atoms with Crippen LogP contribution in [-0.2, 0) is 20.9 Å². The third-order valence-electron chi connectivity index (χ3n) is 3.71. The Balaban J connectivity index is 1.75. The number of hydrogen-bond donors (Lipinski definition) is 4. The summed E-state index contributed by atoms with van der Waals surface area (Å²) >= 11 is 1.31. The molecule has 8 heteroatoms. The summed E-state index contributed by atoms with van der Waals surface area (Å²) in [6, 6.07) is 9.50. The molecule has 0 saturated carbocycles. The molecule has 3 amide bonds. The minimum absolute atomic E-state index is 0.0798. The van der Waals surface area contributed by atoms with Crippen LogP contribution in [0.5, 0.6) is 0 Å². The van der Waals surface area contributed by atoms with Gasteiger partial charge in [-0.3, -0.25) is 19.7 Å². The van der Waals surface area contributed by atoms with E-state index in [1.54, 1.807) is 0 Å². The lowest BCUT2D eigenvalue weighted by Gasteiger charge is -2.30. The van der Waals surface area contributed by atoms with Crippen LogP contribution in [0, 0.1) is 0 Å². The first-order chi connectivity index (χ1) is 12.4.